The van der Waals surface area contributed by atoms with Gasteiger partial charge in [-0.25, -0.2) is 15.8 Å². The molecule has 0 aliphatic carbocycles. The molecule has 1 fully saturated rings. The van der Waals surface area contributed by atoms with Crippen LogP contribution >= 0.6 is 11.3 Å². The Bertz CT molecular complexity index is 712. The maximum Gasteiger partial charge on any atom is 0.238 e. The lowest BCUT2D eigenvalue weighted by Gasteiger charge is -2.11. The molecule has 2 aromatic rings. The number of rotatable bonds is 5. The van der Waals surface area contributed by atoms with Gasteiger partial charge in [-0.3, -0.25) is 4.79 Å². The number of aryl methyl sites for hydroxylation is 2. The number of phenols is 1. The Hall–Kier alpha value is -1.96. The number of benzene rings is 1. The number of amides is 1. The number of carbonyl (C=O) groups is 1. The van der Waals surface area contributed by atoms with Gasteiger partial charge >= 0.3 is 0 Å². The Morgan fingerprint density at radius 2 is 2.17 bits per heavy atom. The second kappa shape index (κ2) is 7.29. The number of nitrogens with one attached hydrogen (secondary N) is 3. The summed E-state index contributed by atoms with van der Waals surface area (Å²) < 4.78 is 0. The Kier molecular flexibility index (Phi) is 5.13. The van der Waals surface area contributed by atoms with Crippen LogP contribution in [0, 0.1) is 13.8 Å². The van der Waals surface area contributed by atoms with Crippen LogP contribution in [0.4, 0.5) is 0 Å². The lowest BCUT2D eigenvalue weighted by atomic mass is 10.0. The Labute approximate surface area is 145 Å². The highest BCUT2D eigenvalue weighted by Gasteiger charge is 2.31. The average molecular weight is 346 g/mol. The lowest BCUT2D eigenvalue weighted by molar-refractivity contribution is -0.122. The first kappa shape index (κ1) is 16.9. The van der Waals surface area contributed by atoms with Crippen LogP contribution in [-0.2, 0) is 11.2 Å². The number of aromatic hydroxyl groups is 1. The predicted octanol–water partition coefficient (Wildman–Crippen LogP) is 1.73. The highest BCUT2D eigenvalue weighted by molar-refractivity contribution is 7.11. The molecule has 1 amide bonds. The molecular weight excluding hydrogens is 324 g/mol. The van der Waals surface area contributed by atoms with Gasteiger partial charge in [-0.05, 0) is 26.3 Å². The van der Waals surface area contributed by atoms with Crippen LogP contribution < -0.4 is 16.2 Å². The molecule has 2 atom stereocenters. The summed E-state index contributed by atoms with van der Waals surface area (Å²) in [7, 11) is 0. The van der Waals surface area contributed by atoms with Gasteiger partial charge in [0.2, 0.25) is 5.91 Å². The van der Waals surface area contributed by atoms with Gasteiger partial charge in [0.15, 0.2) is 0 Å². The first-order valence-electron chi connectivity index (χ1n) is 8.04. The van der Waals surface area contributed by atoms with Crippen LogP contribution in [0.1, 0.15) is 33.6 Å². The molecule has 7 heteroatoms. The third-order valence-corrected chi connectivity index (χ3v) is 5.38. The summed E-state index contributed by atoms with van der Waals surface area (Å²) >= 11 is 1.68. The van der Waals surface area contributed by atoms with E-state index in [-0.39, 0.29) is 23.7 Å². The predicted molar refractivity (Wildman–Crippen MR) is 93.8 cm³/mol. The highest BCUT2D eigenvalue weighted by atomic mass is 32.1. The van der Waals surface area contributed by atoms with E-state index in [9.17, 15) is 9.90 Å². The fraction of sp³-hybridized carbons (Fsp3) is 0.412. The van der Waals surface area contributed by atoms with Crippen LogP contribution in [0.5, 0.6) is 5.75 Å². The normalized spacial score (nSPS) is 20.2. The summed E-state index contributed by atoms with van der Waals surface area (Å²) in [5.74, 6) is 0.206. The number of hydrazine groups is 1. The van der Waals surface area contributed by atoms with E-state index < -0.39 is 0 Å². The second-order valence-corrected chi connectivity index (χ2v) is 7.27. The molecule has 2 heterocycles. The number of phenolic OH excluding ortho intramolecular Hbond substituents is 1. The Morgan fingerprint density at radius 1 is 1.38 bits per heavy atom. The standard InChI is InChI=1S/C17H22N4O2S/c1-10-11(2)24-16(19-10)7-8-18-17(23)14-9-13(20-21-14)12-5-3-4-6-15(12)22/h3-6,13-14,20-22H,7-9H2,1-2H3,(H,18,23). The van der Waals surface area contributed by atoms with Crippen molar-refractivity contribution in [1.82, 2.24) is 21.2 Å². The van der Waals surface area contributed by atoms with Gasteiger partial charge in [0.1, 0.15) is 11.8 Å². The van der Waals surface area contributed by atoms with Crippen molar-refractivity contribution in [2.45, 2.75) is 38.8 Å². The van der Waals surface area contributed by atoms with E-state index in [2.05, 4.69) is 28.1 Å². The molecule has 128 valence electrons. The average Bonchev–Trinajstić information content (AvgIpc) is 3.15. The van der Waals surface area contributed by atoms with Crippen molar-refractivity contribution in [2.75, 3.05) is 6.54 Å². The molecule has 1 saturated heterocycles. The summed E-state index contributed by atoms with van der Waals surface area (Å²) in [6, 6.07) is 6.79. The van der Waals surface area contributed by atoms with Crippen LogP contribution in [0.2, 0.25) is 0 Å². The first-order chi connectivity index (χ1) is 11.5. The number of hydrogen-bond donors (Lipinski definition) is 4. The molecule has 1 aliphatic rings. The smallest absolute Gasteiger partial charge is 0.238 e. The van der Waals surface area contributed by atoms with Crippen molar-refractivity contribution in [1.29, 1.82) is 0 Å². The third kappa shape index (κ3) is 3.75. The molecule has 2 unspecified atom stereocenters. The minimum absolute atomic E-state index is 0.0366. The van der Waals surface area contributed by atoms with E-state index in [4.69, 9.17) is 0 Å². The first-order valence-corrected chi connectivity index (χ1v) is 8.86. The number of thiazole rings is 1. The van der Waals surface area contributed by atoms with Crippen molar-refractivity contribution in [3.8, 4) is 5.75 Å². The fourth-order valence-electron chi connectivity index (χ4n) is 2.78. The maximum atomic E-state index is 12.3. The zero-order valence-electron chi connectivity index (χ0n) is 13.8. The molecular formula is C17H22N4O2S. The van der Waals surface area contributed by atoms with Gasteiger partial charge in [0.25, 0.3) is 0 Å². The molecule has 1 aromatic carbocycles. The molecule has 0 saturated carbocycles. The van der Waals surface area contributed by atoms with E-state index >= 15 is 0 Å². The van der Waals surface area contributed by atoms with Crippen LogP contribution in [0.3, 0.4) is 0 Å². The molecule has 0 radical (unpaired) electrons. The summed E-state index contributed by atoms with van der Waals surface area (Å²) in [6.45, 7) is 4.63. The monoisotopic (exact) mass is 346 g/mol. The second-order valence-electron chi connectivity index (χ2n) is 5.98. The van der Waals surface area contributed by atoms with E-state index in [0.717, 1.165) is 22.7 Å². The zero-order valence-corrected chi connectivity index (χ0v) is 14.6. The van der Waals surface area contributed by atoms with Gasteiger partial charge < -0.3 is 10.4 Å². The summed E-state index contributed by atoms with van der Waals surface area (Å²) in [5, 5.41) is 13.9. The quantitative estimate of drug-likeness (QED) is 0.662. The summed E-state index contributed by atoms with van der Waals surface area (Å²) in [4.78, 5) is 18.0. The molecule has 0 spiro atoms. The van der Waals surface area contributed by atoms with Crippen LogP contribution in [0.25, 0.3) is 0 Å². The van der Waals surface area contributed by atoms with E-state index in [1.165, 1.54) is 4.88 Å². The third-order valence-electron chi connectivity index (χ3n) is 4.24. The van der Waals surface area contributed by atoms with E-state index in [0.29, 0.717) is 13.0 Å². The minimum atomic E-state index is -0.311. The van der Waals surface area contributed by atoms with Gasteiger partial charge in [-0.2, -0.15) is 0 Å². The summed E-state index contributed by atoms with van der Waals surface area (Å²) in [5.41, 5.74) is 7.95. The molecule has 3 rings (SSSR count). The topological polar surface area (TPSA) is 86.3 Å². The van der Waals surface area contributed by atoms with E-state index in [1.54, 1.807) is 23.5 Å². The Balaban J connectivity index is 1.49. The number of aromatic nitrogens is 1. The van der Waals surface area contributed by atoms with Crippen molar-refractivity contribution < 1.29 is 9.90 Å². The molecule has 1 aromatic heterocycles. The SMILES string of the molecule is Cc1nc(CCNC(=O)C2CC(c3ccccc3O)NN2)sc1C. The van der Waals surface area contributed by atoms with Gasteiger partial charge in [0, 0.05) is 23.4 Å². The minimum Gasteiger partial charge on any atom is -0.508 e. The van der Waals surface area contributed by atoms with Gasteiger partial charge in [-0.15, -0.1) is 11.3 Å². The molecule has 24 heavy (non-hydrogen) atoms. The highest BCUT2D eigenvalue weighted by Crippen LogP contribution is 2.29. The Morgan fingerprint density at radius 3 is 2.88 bits per heavy atom. The molecule has 4 N–H and O–H groups in total. The number of nitrogens with zero attached hydrogens (tertiary/aromatic N) is 1. The van der Waals surface area contributed by atoms with Crippen molar-refractivity contribution in [2.24, 2.45) is 0 Å². The van der Waals surface area contributed by atoms with Gasteiger partial charge in [-0.1, -0.05) is 18.2 Å². The maximum absolute atomic E-state index is 12.3. The van der Waals surface area contributed by atoms with Crippen LogP contribution in [-0.4, -0.2) is 28.6 Å². The van der Waals surface area contributed by atoms with Crippen molar-refractivity contribution in [3.63, 3.8) is 0 Å². The van der Waals surface area contributed by atoms with Gasteiger partial charge in [0.05, 0.1) is 16.7 Å². The number of para-hydroxylation sites is 1. The largest absolute Gasteiger partial charge is 0.508 e. The summed E-state index contributed by atoms with van der Waals surface area (Å²) in [6.07, 6.45) is 1.34. The zero-order chi connectivity index (χ0) is 17.1. The molecule has 1 aliphatic heterocycles. The number of hydrogen-bond acceptors (Lipinski definition) is 6. The lowest BCUT2D eigenvalue weighted by Crippen LogP contribution is -2.43. The molecule has 6 nitrogen and oxygen atoms in total. The fourth-order valence-corrected chi connectivity index (χ4v) is 3.71. The van der Waals surface area contributed by atoms with Crippen molar-refractivity contribution in [3.05, 3.63) is 45.4 Å². The van der Waals surface area contributed by atoms with Crippen molar-refractivity contribution >= 4 is 17.2 Å². The van der Waals surface area contributed by atoms with Crippen LogP contribution in [0.15, 0.2) is 24.3 Å². The number of carbonyl (C=O) groups excluding carboxylic acids is 1. The molecule has 0 bridgehead atoms. The van der Waals surface area contributed by atoms with E-state index in [1.807, 2.05) is 19.1 Å².